The van der Waals surface area contributed by atoms with Gasteiger partial charge in [0.15, 0.2) is 5.78 Å². The highest BCUT2D eigenvalue weighted by Gasteiger charge is 2.04. The Kier molecular flexibility index (Phi) is 2.64. The molecule has 0 bridgehead atoms. The molecule has 0 fully saturated rings. The maximum absolute atomic E-state index is 10.4. The van der Waals surface area contributed by atoms with E-state index in [9.17, 15) is 4.79 Å². The van der Waals surface area contributed by atoms with Crippen LogP contribution in [0.2, 0.25) is 0 Å². The van der Waals surface area contributed by atoms with Crippen LogP contribution in [0.5, 0.6) is 0 Å². The van der Waals surface area contributed by atoms with E-state index in [0.717, 1.165) is 0 Å². The highest BCUT2D eigenvalue weighted by atomic mass is 16.2. The van der Waals surface area contributed by atoms with E-state index in [-0.39, 0.29) is 17.1 Å². The molecule has 0 saturated carbocycles. The quantitative estimate of drug-likeness (QED) is 0.331. The standard InChI is InChI=1S/C6H9NO2/c1-4(7)6(3-8)5(2)9/h3,7-8H,1-2H3/b6-3+,7-4?. The van der Waals surface area contributed by atoms with Gasteiger partial charge in [0.05, 0.1) is 11.8 Å². The minimum absolute atomic E-state index is 0.0648. The predicted octanol–water partition coefficient (Wildman–Crippen LogP) is 1.06. The lowest BCUT2D eigenvalue weighted by atomic mass is 10.1. The zero-order valence-corrected chi connectivity index (χ0v) is 5.43. The summed E-state index contributed by atoms with van der Waals surface area (Å²) in [4.78, 5) is 10.4. The fourth-order valence-corrected chi connectivity index (χ4v) is 0.452. The minimum atomic E-state index is -0.287. The second kappa shape index (κ2) is 3.02. The Hall–Kier alpha value is -1.12. The molecular formula is C6H9NO2. The molecule has 0 saturated heterocycles. The molecular weight excluding hydrogens is 118 g/mol. The zero-order chi connectivity index (χ0) is 7.44. The number of aliphatic hydroxyl groups excluding tert-OH is 1. The van der Waals surface area contributed by atoms with Gasteiger partial charge in [0.2, 0.25) is 0 Å². The first-order valence-electron chi connectivity index (χ1n) is 2.50. The third-order valence-corrected chi connectivity index (χ3v) is 0.912. The Bertz CT molecular complexity index is 154. The summed E-state index contributed by atoms with van der Waals surface area (Å²) in [6.07, 6.45) is 0.657. The van der Waals surface area contributed by atoms with Crippen molar-refractivity contribution in [1.29, 1.82) is 5.41 Å². The summed E-state index contributed by atoms with van der Waals surface area (Å²) in [6, 6.07) is 0. The molecule has 0 amide bonds. The van der Waals surface area contributed by atoms with E-state index in [2.05, 4.69) is 0 Å². The van der Waals surface area contributed by atoms with Crippen LogP contribution in [-0.4, -0.2) is 16.6 Å². The fourth-order valence-electron chi connectivity index (χ4n) is 0.452. The molecule has 50 valence electrons. The summed E-state index contributed by atoms with van der Waals surface area (Å²) < 4.78 is 0. The van der Waals surface area contributed by atoms with Gasteiger partial charge in [-0.2, -0.15) is 0 Å². The third kappa shape index (κ3) is 2.08. The molecule has 0 unspecified atom stereocenters. The normalized spacial score (nSPS) is 11.1. The minimum Gasteiger partial charge on any atom is -0.515 e. The number of carbonyl (C=O) groups is 1. The van der Waals surface area contributed by atoms with E-state index in [1.54, 1.807) is 0 Å². The van der Waals surface area contributed by atoms with Crippen LogP contribution in [-0.2, 0) is 4.79 Å². The van der Waals surface area contributed by atoms with Crippen molar-refractivity contribution < 1.29 is 9.90 Å². The van der Waals surface area contributed by atoms with Crippen LogP contribution in [0.4, 0.5) is 0 Å². The Balaban J connectivity index is 4.38. The van der Waals surface area contributed by atoms with Crippen LogP contribution in [0, 0.1) is 5.41 Å². The van der Waals surface area contributed by atoms with Gasteiger partial charge in [-0.25, -0.2) is 0 Å². The van der Waals surface area contributed by atoms with Gasteiger partial charge in [-0.15, -0.1) is 0 Å². The maximum Gasteiger partial charge on any atom is 0.164 e. The van der Waals surface area contributed by atoms with Crippen molar-refractivity contribution in [3.63, 3.8) is 0 Å². The van der Waals surface area contributed by atoms with Crippen LogP contribution in [0.1, 0.15) is 13.8 Å². The average Bonchev–Trinajstić information content (AvgIpc) is 1.64. The van der Waals surface area contributed by atoms with E-state index in [1.807, 2.05) is 0 Å². The number of rotatable bonds is 2. The largest absolute Gasteiger partial charge is 0.515 e. The lowest BCUT2D eigenvalue weighted by Crippen LogP contribution is -2.04. The molecule has 0 aromatic rings. The van der Waals surface area contributed by atoms with Gasteiger partial charge in [-0.1, -0.05) is 0 Å². The van der Waals surface area contributed by atoms with Crippen LogP contribution < -0.4 is 0 Å². The molecule has 0 aliphatic carbocycles. The van der Waals surface area contributed by atoms with Crippen molar-refractivity contribution in [3.8, 4) is 0 Å². The van der Waals surface area contributed by atoms with Crippen LogP contribution in [0.15, 0.2) is 11.8 Å². The molecule has 0 rings (SSSR count). The number of allylic oxidation sites excluding steroid dienone is 1. The number of nitrogens with one attached hydrogen (secondary N) is 1. The van der Waals surface area contributed by atoms with Crippen molar-refractivity contribution in [2.45, 2.75) is 13.8 Å². The Labute approximate surface area is 53.5 Å². The zero-order valence-electron chi connectivity index (χ0n) is 5.43. The highest BCUT2D eigenvalue weighted by Crippen LogP contribution is 1.95. The van der Waals surface area contributed by atoms with Gasteiger partial charge < -0.3 is 10.5 Å². The van der Waals surface area contributed by atoms with Crippen molar-refractivity contribution in [2.24, 2.45) is 0 Å². The Morgan fingerprint density at radius 2 is 2.00 bits per heavy atom. The van der Waals surface area contributed by atoms with Gasteiger partial charge >= 0.3 is 0 Å². The van der Waals surface area contributed by atoms with Crippen molar-refractivity contribution >= 4 is 11.5 Å². The van der Waals surface area contributed by atoms with Gasteiger partial charge in [0.1, 0.15) is 0 Å². The molecule has 0 aliphatic rings. The second-order valence-electron chi connectivity index (χ2n) is 1.72. The lowest BCUT2D eigenvalue weighted by Gasteiger charge is -1.94. The lowest BCUT2D eigenvalue weighted by molar-refractivity contribution is -0.113. The summed E-state index contributed by atoms with van der Waals surface area (Å²) in [6.45, 7) is 2.75. The topological polar surface area (TPSA) is 61.1 Å². The third-order valence-electron chi connectivity index (χ3n) is 0.912. The van der Waals surface area contributed by atoms with E-state index < -0.39 is 0 Å². The predicted molar refractivity (Wildman–Crippen MR) is 34.8 cm³/mol. The number of aliphatic hydroxyl groups is 1. The van der Waals surface area contributed by atoms with Gasteiger partial charge in [-0.05, 0) is 13.8 Å². The summed E-state index contributed by atoms with van der Waals surface area (Å²) >= 11 is 0. The monoisotopic (exact) mass is 127 g/mol. The molecule has 3 heteroatoms. The van der Waals surface area contributed by atoms with E-state index in [1.165, 1.54) is 13.8 Å². The number of ketones is 1. The molecule has 0 atom stereocenters. The highest BCUT2D eigenvalue weighted by molar-refractivity contribution is 6.19. The van der Waals surface area contributed by atoms with Crippen LogP contribution >= 0.6 is 0 Å². The number of hydrogen-bond acceptors (Lipinski definition) is 3. The van der Waals surface area contributed by atoms with E-state index in [4.69, 9.17) is 10.5 Å². The number of hydrogen-bond donors (Lipinski definition) is 2. The van der Waals surface area contributed by atoms with Gasteiger partial charge in [-0.3, -0.25) is 4.79 Å². The fraction of sp³-hybridized carbons (Fsp3) is 0.333. The Morgan fingerprint density at radius 1 is 1.56 bits per heavy atom. The van der Waals surface area contributed by atoms with Crippen molar-refractivity contribution in [1.82, 2.24) is 0 Å². The van der Waals surface area contributed by atoms with Gasteiger partial charge in [0.25, 0.3) is 0 Å². The van der Waals surface area contributed by atoms with Crippen LogP contribution in [0.25, 0.3) is 0 Å². The van der Waals surface area contributed by atoms with Gasteiger partial charge in [0, 0.05) is 5.71 Å². The first-order valence-corrected chi connectivity index (χ1v) is 2.50. The number of carbonyl (C=O) groups excluding carboxylic acids is 1. The van der Waals surface area contributed by atoms with E-state index >= 15 is 0 Å². The molecule has 0 spiro atoms. The summed E-state index contributed by atoms with van der Waals surface area (Å²) in [7, 11) is 0. The molecule has 0 aliphatic heterocycles. The molecule has 0 aromatic carbocycles. The molecule has 0 heterocycles. The molecule has 2 N–H and O–H groups in total. The average molecular weight is 127 g/mol. The number of Topliss-reactive ketones (excluding diaryl/α,β-unsaturated/α-hetero) is 1. The van der Waals surface area contributed by atoms with Crippen molar-refractivity contribution in [2.75, 3.05) is 0 Å². The molecule has 3 nitrogen and oxygen atoms in total. The molecule has 9 heavy (non-hydrogen) atoms. The maximum atomic E-state index is 10.4. The smallest absolute Gasteiger partial charge is 0.164 e. The van der Waals surface area contributed by atoms with Crippen LogP contribution in [0.3, 0.4) is 0 Å². The Morgan fingerprint density at radius 3 is 2.00 bits per heavy atom. The summed E-state index contributed by atoms with van der Waals surface area (Å²) in [5.41, 5.74) is 0.153. The first-order chi connectivity index (χ1) is 4.09. The van der Waals surface area contributed by atoms with Crippen molar-refractivity contribution in [3.05, 3.63) is 11.8 Å². The summed E-state index contributed by atoms with van der Waals surface area (Å²) in [5.74, 6) is -0.287. The first kappa shape index (κ1) is 7.88. The van der Waals surface area contributed by atoms with E-state index in [0.29, 0.717) is 6.26 Å². The summed E-state index contributed by atoms with van der Waals surface area (Å²) in [5, 5.41) is 15.3. The molecule has 0 radical (unpaired) electrons. The second-order valence-corrected chi connectivity index (χ2v) is 1.72. The molecule has 0 aromatic heterocycles. The SMILES string of the molecule is CC(=N)/C(=C\O)C(C)=O.